The van der Waals surface area contributed by atoms with Crippen LogP contribution in [0.1, 0.15) is 17.4 Å². The Bertz CT molecular complexity index is 1040. The van der Waals surface area contributed by atoms with Gasteiger partial charge in [-0.15, -0.1) is 0 Å². The van der Waals surface area contributed by atoms with Gasteiger partial charge in [0.15, 0.2) is 0 Å². The molecule has 0 aliphatic heterocycles. The van der Waals surface area contributed by atoms with Crippen LogP contribution >= 0.6 is 11.6 Å². The van der Waals surface area contributed by atoms with Crippen molar-refractivity contribution < 1.29 is 19.1 Å². The van der Waals surface area contributed by atoms with E-state index < -0.39 is 18.0 Å². The SMILES string of the molecule is COc1ccc(NC(=O)C(OC(=O)C=Cc2ccccn2)c2ccccc2)cc1Cl. The number of esters is 1. The summed E-state index contributed by atoms with van der Waals surface area (Å²) in [6.07, 6.45) is 3.22. The lowest BCUT2D eigenvalue weighted by Gasteiger charge is -2.17. The molecule has 1 atom stereocenters. The molecule has 1 unspecified atom stereocenters. The van der Waals surface area contributed by atoms with Crippen molar-refractivity contribution in [3.8, 4) is 5.75 Å². The fraction of sp³-hybridized carbons (Fsp3) is 0.0870. The number of nitrogens with zero attached hydrogens (tertiary/aromatic N) is 1. The van der Waals surface area contributed by atoms with E-state index in [1.807, 2.05) is 6.07 Å². The van der Waals surface area contributed by atoms with Gasteiger partial charge in [0.05, 0.1) is 17.8 Å². The molecule has 1 N–H and O–H groups in total. The molecule has 3 rings (SSSR count). The number of ether oxygens (including phenoxy) is 2. The molecule has 1 heterocycles. The number of pyridine rings is 1. The number of methoxy groups -OCH3 is 1. The highest BCUT2D eigenvalue weighted by Gasteiger charge is 2.24. The largest absolute Gasteiger partial charge is 0.495 e. The number of aromatic nitrogens is 1. The van der Waals surface area contributed by atoms with Gasteiger partial charge in [-0.1, -0.05) is 48.0 Å². The normalized spacial score (nSPS) is 11.7. The Morgan fingerprint density at radius 1 is 1.07 bits per heavy atom. The molecule has 0 radical (unpaired) electrons. The maximum Gasteiger partial charge on any atom is 0.331 e. The topological polar surface area (TPSA) is 77.5 Å². The standard InChI is InChI=1S/C23H19ClN2O4/c1-29-20-12-10-18(15-19(20)24)26-23(28)22(16-7-3-2-4-8-16)30-21(27)13-11-17-9-5-6-14-25-17/h2-15,22H,1H3,(H,26,28). The first-order valence-electron chi connectivity index (χ1n) is 9.06. The van der Waals surface area contributed by atoms with E-state index in [9.17, 15) is 9.59 Å². The molecule has 0 fully saturated rings. The minimum atomic E-state index is -1.15. The Hall–Kier alpha value is -3.64. The number of carbonyl (C=O) groups excluding carboxylic acids is 2. The van der Waals surface area contributed by atoms with Crippen LogP contribution in [0.4, 0.5) is 5.69 Å². The number of rotatable bonds is 7. The first-order chi connectivity index (χ1) is 14.6. The van der Waals surface area contributed by atoms with E-state index in [2.05, 4.69) is 10.3 Å². The van der Waals surface area contributed by atoms with Gasteiger partial charge < -0.3 is 14.8 Å². The summed E-state index contributed by atoms with van der Waals surface area (Å²) >= 11 is 6.12. The zero-order valence-electron chi connectivity index (χ0n) is 16.1. The van der Waals surface area contributed by atoms with Crippen LogP contribution in [0.2, 0.25) is 5.02 Å². The van der Waals surface area contributed by atoms with E-state index in [0.29, 0.717) is 27.7 Å². The van der Waals surface area contributed by atoms with Gasteiger partial charge in [-0.25, -0.2) is 4.79 Å². The van der Waals surface area contributed by atoms with Crippen LogP contribution in [0.25, 0.3) is 6.08 Å². The number of halogens is 1. The summed E-state index contributed by atoms with van der Waals surface area (Å²) in [5.41, 5.74) is 1.59. The number of hydrogen-bond donors (Lipinski definition) is 1. The maximum atomic E-state index is 12.9. The van der Waals surface area contributed by atoms with Crippen LogP contribution in [-0.2, 0) is 14.3 Å². The Morgan fingerprint density at radius 3 is 2.50 bits per heavy atom. The third-order valence-electron chi connectivity index (χ3n) is 4.07. The monoisotopic (exact) mass is 422 g/mol. The van der Waals surface area contributed by atoms with Crippen molar-refractivity contribution >= 4 is 35.2 Å². The first kappa shape index (κ1) is 21.1. The number of hydrogen-bond acceptors (Lipinski definition) is 5. The van der Waals surface area contributed by atoms with Crippen molar-refractivity contribution in [2.45, 2.75) is 6.10 Å². The summed E-state index contributed by atoms with van der Waals surface area (Å²) in [6, 6.07) is 18.9. The summed E-state index contributed by atoms with van der Waals surface area (Å²) in [6.45, 7) is 0. The van der Waals surface area contributed by atoms with E-state index in [4.69, 9.17) is 21.1 Å². The van der Waals surface area contributed by atoms with Crippen LogP contribution in [0.15, 0.2) is 79.0 Å². The zero-order valence-corrected chi connectivity index (χ0v) is 16.9. The summed E-state index contributed by atoms with van der Waals surface area (Å²) in [4.78, 5) is 29.3. The Balaban J connectivity index is 1.77. The van der Waals surface area contributed by atoms with Crippen molar-refractivity contribution in [1.29, 1.82) is 0 Å². The molecule has 0 aliphatic rings. The number of benzene rings is 2. The molecule has 0 bridgehead atoms. The van der Waals surface area contributed by atoms with Crippen LogP contribution in [0.3, 0.4) is 0 Å². The van der Waals surface area contributed by atoms with Gasteiger partial charge in [-0.05, 0) is 36.4 Å². The van der Waals surface area contributed by atoms with Gasteiger partial charge >= 0.3 is 5.97 Å². The molecule has 152 valence electrons. The minimum Gasteiger partial charge on any atom is -0.495 e. The molecule has 7 heteroatoms. The molecular weight excluding hydrogens is 404 g/mol. The fourth-order valence-corrected chi connectivity index (χ4v) is 2.89. The van der Waals surface area contributed by atoms with Crippen LogP contribution in [0, 0.1) is 0 Å². The van der Waals surface area contributed by atoms with Gasteiger partial charge in [-0.3, -0.25) is 9.78 Å². The van der Waals surface area contributed by atoms with Crippen molar-refractivity contribution in [3.63, 3.8) is 0 Å². The molecule has 3 aromatic rings. The van der Waals surface area contributed by atoms with Crippen LogP contribution in [0.5, 0.6) is 5.75 Å². The van der Waals surface area contributed by atoms with E-state index in [0.717, 1.165) is 0 Å². The van der Waals surface area contributed by atoms with E-state index in [1.54, 1.807) is 66.9 Å². The smallest absolute Gasteiger partial charge is 0.331 e. The highest BCUT2D eigenvalue weighted by molar-refractivity contribution is 6.32. The van der Waals surface area contributed by atoms with Crippen molar-refractivity contribution in [1.82, 2.24) is 4.98 Å². The summed E-state index contributed by atoms with van der Waals surface area (Å²) in [5, 5.41) is 3.07. The fourth-order valence-electron chi connectivity index (χ4n) is 2.64. The number of nitrogens with one attached hydrogen (secondary N) is 1. The highest BCUT2D eigenvalue weighted by Crippen LogP contribution is 2.28. The molecule has 1 aromatic heterocycles. The molecule has 0 spiro atoms. The summed E-state index contributed by atoms with van der Waals surface area (Å²) in [5.74, 6) is -0.695. The predicted molar refractivity (Wildman–Crippen MR) is 115 cm³/mol. The van der Waals surface area contributed by atoms with Crippen molar-refractivity contribution in [2.24, 2.45) is 0 Å². The second-order valence-corrected chi connectivity index (χ2v) is 6.56. The van der Waals surface area contributed by atoms with Crippen LogP contribution < -0.4 is 10.1 Å². The second kappa shape index (κ2) is 10.2. The van der Waals surface area contributed by atoms with E-state index >= 15 is 0 Å². The molecule has 30 heavy (non-hydrogen) atoms. The molecular formula is C23H19ClN2O4. The zero-order chi connectivity index (χ0) is 21.3. The molecule has 1 amide bonds. The third kappa shape index (κ3) is 5.68. The minimum absolute atomic E-state index is 0.349. The molecule has 6 nitrogen and oxygen atoms in total. The lowest BCUT2D eigenvalue weighted by Crippen LogP contribution is -2.25. The average Bonchev–Trinajstić information content (AvgIpc) is 2.77. The molecule has 0 aliphatic carbocycles. The van der Waals surface area contributed by atoms with E-state index in [-0.39, 0.29) is 0 Å². The van der Waals surface area contributed by atoms with Gasteiger partial charge in [0.1, 0.15) is 5.75 Å². The van der Waals surface area contributed by atoms with Crippen molar-refractivity contribution in [3.05, 3.63) is 95.3 Å². The maximum absolute atomic E-state index is 12.9. The molecule has 2 aromatic carbocycles. The predicted octanol–water partition coefficient (Wildman–Crippen LogP) is 4.68. The number of carbonyl (C=O) groups is 2. The van der Waals surface area contributed by atoms with Crippen molar-refractivity contribution in [2.75, 3.05) is 12.4 Å². The Kier molecular flexibility index (Phi) is 7.19. The number of amides is 1. The van der Waals surface area contributed by atoms with E-state index in [1.165, 1.54) is 19.3 Å². The molecule has 0 saturated heterocycles. The average molecular weight is 423 g/mol. The summed E-state index contributed by atoms with van der Waals surface area (Å²) in [7, 11) is 1.50. The molecule has 0 saturated carbocycles. The van der Waals surface area contributed by atoms with Gasteiger partial charge in [0.25, 0.3) is 5.91 Å². The van der Waals surface area contributed by atoms with Gasteiger partial charge in [0.2, 0.25) is 6.10 Å². The second-order valence-electron chi connectivity index (χ2n) is 6.15. The number of anilines is 1. The summed E-state index contributed by atoms with van der Waals surface area (Å²) < 4.78 is 10.6. The Labute approximate surface area is 179 Å². The Morgan fingerprint density at radius 2 is 1.83 bits per heavy atom. The lowest BCUT2D eigenvalue weighted by atomic mass is 10.1. The first-order valence-corrected chi connectivity index (χ1v) is 9.43. The quantitative estimate of drug-likeness (QED) is 0.442. The van der Waals surface area contributed by atoms with Crippen LogP contribution in [-0.4, -0.2) is 24.0 Å². The third-order valence-corrected chi connectivity index (χ3v) is 4.37. The lowest BCUT2D eigenvalue weighted by molar-refractivity contribution is -0.149. The van der Waals surface area contributed by atoms with Gasteiger partial charge in [-0.2, -0.15) is 0 Å². The van der Waals surface area contributed by atoms with Gasteiger partial charge in [0, 0.05) is 23.5 Å². The highest BCUT2D eigenvalue weighted by atomic mass is 35.5.